The van der Waals surface area contributed by atoms with Gasteiger partial charge in [0.25, 0.3) is 0 Å². The Morgan fingerprint density at radius 3 is 2.18 bits per heavy atom. The number of nitrogens with zero attached hydrogens (tertiary/aromatic N) is 2. The molecule has 5 rings (SSSR count). The fourth-order valence-corrected chi connectivity index (χ4v) is 5.15. The molecule has 4 aliphatic rings. The molecule has 0 aromatic heterocycles. The number of amides is 2. The van der Waals surface area contributed by atoms with Crippen molar-refractivity contribution in [1.82, 2.24) is 9.80 Å². The Labute approximate surface area is 202 Å². The number of benzene rings is 1. The number of rotatable bonds is 7. The standard InChI is InChI=1S/C28H26N2O4/c31-25(29-17-24-22-12-6-5-7-19(22)15-16-30(24)26(32)18-29)14-13-23(27(33)20-8-1-2-9-20)28(34)21-10-3-4-11-21/h1-12,23-24H,13-18H2. The minimum atomic E-state index is -0.929. The zero-order chi connectivity index (χ0) is 23.7. The van der Waals surface area contributed by atoms with Crippen LogP contribution in [0.15, 0.2) is 24.3 Å². The smallest absolute Gasteiger partial charge is 0.242 e. The largest absolute Gasteiger partial charge is 0.332 e. The van der Waals surface area contributed by atoms with Crippen molar-refractivity contribution >= 4 is 23.4 Å². The van der Waals surface area contributed by atoms with E-state index in [1.807, 2.05) is 23.1 Å². The van der Waals surface area contributed by atoms with E-state index >= 15 is 0 Å². The summed E-state index contributed by atoms with van der Waals surface area (Å²) in [7, 11) is 0. The van der Waals surface area contributed by atoms with Crippen molar-refractivity contribution in [3.05, 3.63) is 98.6 Å². The minimum absolute atomic E-state index is 0.0329. The van der Waals surface area contributed by atoms with E-state index in [1.54, 1.807) is 56.3 Å². The fourth-order valence-electron chi connectivity index (χ4n) is 5.15. The van der Waals surface area contributed by atoms with E-state index in [-0.39, 0.29) is 48.8 Å². The summed E-state index contributed by atoms with van der Waals surface area (Å²) in [5.74, 6) is -0.790. The number of carbonyl (C=O) groups excluding carboxylic acids is 4. The van der Waals surface area contributed by atoms with E-state index < -0.39 is 5.92 Å². The van der Waals surface area contributed by atoms with Gasteiger partial charge in [0.1, 0.15) is 0 Å². The van der Waals surface area contributed by atoms with Crippen LogP contribution in [0.1, 0.15) is 30.0 Å². The topological polar surface area (TPSA) is 74.8 Å². The van der Waals surface area contributed by atoms with Gasteiger partial charge in [-0.1, -0.05) is 24.3 Å². The van der Waals surface area contributed by atoms with Crippen molar-refractivity contribution < 1.29 is 19.2 Å². The summed E-state index contributed by atoms with van der Waals surface area (Å²) in [6.07, 6.45) is 14.8. The predicted octanol–water partition coefficient (Wildman–Crippen LogP) is 2.30. The lowest BCUT2D eigenvalue weighted by Gasteiger charge is -2.44. The third kappa shape index (κ3) is 4.56. The Morgan fingerprint density at radius 1 is 0.912 bits per heavy atom. The summed E-state index contributed by atoms with van der Waals surface area (Å²) in [6, 6.07) is 7.91. The quantitative estimate of drug-likeness (QED) is 0.593. The first kappa shape index (κ1) is 23.3. The third-order valence-corrected chi connectivity index (χ3v) is 6.98. The summed E-state index contributed by atoms with van der Waals surface area (Å²) < 4.78 is 0. The van der Waals surface area contributed by atoms with Crippen LogP contribution in [0.2, 0.25) is 0 Å². The van der Waals surface area contributed by atoms with Crippen LogP contribution < -0.4 is 0 Å². The molecular weight excluding hydrogens is 428 g/mol. The molecule has 2 amide bonds. The molecule has 0 bridgehead atoms. The number of Topliss-reactive ketones (excluding diaryl/α,β-unsaturated/α-hetero) is 2. The molecule has 1 saturated heterocycles. The maximum Gasteiger partial charge on any atom is 0.242 e. The third-order valence-electron chi connectivity index (χ3n) is 6.98. The van der Waals surface area contributed by atoms with Crippen LogP contribution in [0.25, 0.3) is 0 Å². The maximum absolute atomic E-state index is 13.2. The number of hydrogen-bond donors (Lipinski definition) is 0. The Balaban J connectivity index is 1.27. The van der Waals surface area contributed by atoms with Crippen LogP contribution in [-0.2, 0) is 25.6 Å². The van der Waals surface area contributed by atoms with Crippen molar-refractivity contribution in [2.75, 3.05) is 19.6 Å². The Morgan fingerprint density at radius 2 is 1.53 bits per heavy atom. The maximum atomic E-state index is 13.2. The van der Waals surface area contributed by atoms with E-state index in [0.717, 1.165) is 12.0 Å². The Hall–Kier alpha value is -2.50. The normalized spacial score (nSPS) is 23.3. The van der Waals surface area contributed by atoms with Gasteiger partial charge in [-0.05, 0) is 75.3 Å². The molecular formula is C28H26N2O4. The predicted molar refractivity (Wildman–Crippen MR) is 125 cm³/mol. The van der Waals surface area contributed by atoms with Gasteiger partial charge in [0, 0.05) is 31.3 Å². The van der Waals surface area contributed by atoms with Gasteiger partial charge in [-0.3, -0.25) is 19.2 Å². The van der Waals surface area contributed by atoms with Crippen molar-refractivity contribution in [2.45, 2.75) is 25.3 Å². The van der Waals surface area contributed by atoms with Crippen LogP contribution in [0, 0.1) is 69.1 Å². The summed E-state index contributed by atoms with van der Waals surface area (Å²) in [6.45, 7) is 1.13. The van der Waals surface area contributed by atoms with Gasteiger partial charge in [-0.15, -0.1) is 0 Å². The van der Waals surface area contributed by atoms with Crippen LogP contribution in [0.5, 0.6) is 0 Å². The monoisotopic (exact) mass is 454 g/mol. The van der Waals surface area contributed by atoms with Crippen molar-refractivity contribution in [3.63, 3.8) is 0 Å². The highest BCUT2D eigenvalue weighted by atomic mass is 16.2. The Bertz CT molecular complexity index is 933. The number of carbonyl (C=O) groups is 4. The molecule has 1 unspecified atom stereocenters. The molecule has 3 fully saturated rings. The molecule has 2 saturated carbocycles. The number of fused-ring (bicyclic) bond motifs is 3. The fraction of sp³-hybridized carbons (Fsp3) is 0.286. The van der Waals surface area contributed by atoms with Gasteiger partial charge in [0.2, 0.25) is 11.8 Å². The van der Waals surface area contributed by atoms with Crippen LogP contribution >= 0.6 is 0 Å². The van der Waals surface area contributed by atoms with E-state index in [2.05, 4.69) is 6.07 Å². The lowest BCUT2D eigenvalue weighted by atomic mass is 9.80. The molecule has 1 atom stereocenters. The molecule has 2 heterocycles. The zero-order valence-corrected chi connectivity index (χ0v) is 18.9. The van der Waals surface area contributed by atoms with Crippen LogP contribution in [0.4, 0.5) is 0 Å². The second-order valence-electron chi connectivity index (χ2n) is 8.99. The van der Waals surface area contributed by atoms with Crippen molar-refractivity contribution in [1.29, 1.82) is 0 Å². The Kier molecular flexibility index (Phi) is 6.84. The van der Waals surface area contributed by atoms with Gasteiger partial charge >= 0.3 is 0 Å². The molecule has 1 aromatic rings. The number of ketones is 2. The van der Waals surface area contributed by atoms with Crippen molar-refractivity contribution in [2.24, 2.45) is 5.92 Å². The summed E-state index contributed by atoms with van der Waals surface area (Å²) in [4.78, 5) is 55.7. The first-order chi connectivity index (χ1) is 16.5. The average molecular weight is 455 g/mol. The molecule has 1 aromatic carbocycles. The van der Waals surface area contributed by atoms with E-state index in [9.17, 15) is 19.2 Å². The zero-order valence-electron chi connectivity index (χ0n) is 18.9. The second-order valence-corrected chi connectivity index (χ2v) is 8.99. The average Bonchev–Trinajstić information content (AvgIpc) is 3.58. The minimum Gasteiger partial charge on any atom is -0.332 e. The van der Waals surface area contributed by atoms with Crippen molar-refractivity contribution in [3.8, 4) is 0 Å². The number of piperazine rings is 1. The molecule has 172 valence electrons. The summed E-state index contributed by atoms with van der Waals surface area (Å²) in [5.41, 5.74) is 2.31. The van der Waals surface area contributed by atoms with Crippen LogP contribution in [-0.4, -0.2) is 52.8 Å². The molecule has 0 N–H and O–H groups in total. The van der Waals surface area contributed by atoms with Gasteiger partial charge in [0.05, 0.1) is 18.5 Å². The van der Waals surface area contributed by atoms with E-state index in [1.165, 1.54) is 5.56 Å². The molecule has 0 spiro atoms. The second kappa shape index (κ2) is 10.0. The highest BCUT2D eigenvalue weighted by Crippen LogP contribution is 2.35. The SMILES string of the molecule is O=C([C]1[CH][CH][CH][CH]1)C(CCC(=O)N1CC(=O)N2CCc3ccccc3C2C1)C(=O)[C]1[CH][CH][CH][CH]1. The molecule has 6 heteroatoms. The first-order valence-corrected chi connectivity index (χ1v) is 11.7. The van der Waals surface area contributed by atoms with Gasteiger partial charge < -0.3 is 9.80 Å². The molecule has 6 nitrogen and oxygen atoms in total. The van der Waals surface area contributed by atoms with E-state index in [0.29, 0.717) is 24.9 Å². The van der Waals surface area contributed by atoms with Gasteiger partial charge in [0.15, 0.2) is 11.6 Å². The summed E-state index contributed by atoms with van der Waals surface area (Å²) >= 11 is 0. The first-order valence-electron chi connectivity index (χ1n) is 11.7. The number of hydrogen-bond acceptors (Lipinski definition) is 4. The highest BCUT2D eigenvalue weighted by Gasteiger charge is 2.41. The molecule has 10 radical (unpaired) electrons. The lowest BCUT2D eigenvalue weighted by molar-refractivity contribution is -0.149. The molecule has 2 aliphatic carbocycles. The van der Waals surface area contributed by atoms with Gasteiger partial charge in [-0.2, -0.15) is 0 Å². The molecule has 34 heavy (non-hydrogen) atoms. The van der Waals surface area contributed by atoms with E-state index in [4.69, 9.17) is 0 Å². The van der Waals surface area contributed by atoms with Gasteiger partial charge in [-0.25, -0.2) is 0 Å². The van der Waals surface area contributed by atoms with Crippen LogP contribution in [0.3, 0.4) is 0 Å². The molecule has 2 aliphatic heterocycles. The lowest BCUT2D eigenvalue weighted by Crippen LogP contribution is -2.55. The summed E-state index contributed by atoms with van der Waals surface area (Å²) in [5, 5.41) is 0. The highest BCUT2D eigenvalue weighted by molar-refractivity contribution is 6.16.